The molecule has 0 aromatic heterocycles. The number of Topliss-reactive ketones (excluding diaryl/α,β-unsaturated/α-hetero) is 1. The molecule has 1 aromatic rings. The minimum atomic E-state index is -0.267. The predicted molar refractivity (Wildman–Crippen MR) is 75.2 cm³/mol. The van der Waals surface area contributed by atoms with Crippen LogP contribution >= 0.6 is 0 Å². The second kappa shape index (κ2) is 6.50. The fourth-order valence-corrected chi connectivity index (χ4v) is 1.75. The summed E-state index contributed by atoms with van der Waals surface area (Å²) in [6.45, 7) is 7.94. The molecule has 1 rings (SSSR count). The van der Waals surface area contributed by atoms with Gasteiger partial charge in [0.25, 0.3) is 0 Å². The van der Waals surface area contributed by atoms with E-state index in [0.29, 0.717) is 19.4 Å². The van der Waals surface area contributed by atoms with Gasteiger partial charge in [0, 0.05) is 25.3 Å². The fraction of sp³-hybridized carbons (Fsp3) is 0.500. The SMILES string of the molecule is CC(=O)OCCc1ccc(C(=O)CC(C)(C)C)cc1. The molecule has 3 heteroatoms. The number of hydrogen-bond donors (Lipinski definition) is 0. The van der Waals surface area contributed by atoms with Crippen molar-refractivity contribution in [3.8, 4) is 0 Å². The predicted octanol–water partition coefficient (Wildman–Crippen LogP) is 3.41. The molecule has 0 aliphatic rings. The normalized spacial score (nSPS) is 11.2. The Kier molecular flexibility index (Phi) is 5.28. The molecule has 0 unspecified atom stereocenters. The van der Waals surface area contributed by atoms with Crippen LogP contribution in [0.25, 0.3) is 0 Å². The highest BCUT2D eigenvalue weighted by molar-refractivity contribution is 5.96. The van der Waals surface area contributed by atoms with Crippen molar-refractivity contribution >= 4 is 11.8 Å². The van der Waals surface area contributed by atoms with Gasteiger partial charge in [-0.25, -0.2) is 0 Å². The number of benzene rings is 1. The molecule has 0 amide bonds. The fourth-order valence-electron chi connectivity index (χ4n) is 1.75. The summed E-state index contributed by atoms with van der Waals surface area (Å²) in [5.41, 5.74) is 1.81. The third-order valence-electron chi connectivity index (χ3n) is 2.66. The molecule has 19 heavy (non-hydrogen) atoms. The van der Waals surface area contributed by atoms with Crippen LogP contribution < -0.4 is 0 Å². The van der Waals surface area contributed by atoms with Crippen molar-refractivity contribution in [3.63, 3.8) is 0 Å². The Morgan fingerprint density at radius 2 is 1.68 bits per heavy atom. The number of rotatable bonds is 5. The Bertz CT molecular complexity index is 438. The van der Waals surface area contributed by atoms with Crippen LogP contribution in [-0.2, 0) is 16.0 Å². The van der Waals surface area contributed by atoms with E-state index < -0.39 is 0 Å². The summed E-state index contributed by atoms with van der Waals surface area (Å²) >= 11 is 0. The van der Waals surface area contributed by atoms with E-state index in [9.17, 15) is 9.59 Å². The third-order valence-corrected chi connectivity index (χ3v) is 2.66. The van der Waals surface area contributed by atoms with E-state index in [0.717, 1.165) is 11.1 Å². The van der Waals surface area contributed by atoms with E-state index in [1.165, 1.54) is 6.92 Å². The number of esters is 1. The van der Waals surface area contributed by atoms with Gasteiger partial charge in [-0.15, -0.1) is 0 Å². The summed E-state index contributed by atoms with van der Waals surface area (Å²) in [6.07, 6.45) is 1.22. The van der Waals surface area contributed by atoms with Crippen LogP contribution in [0.4, 0.5) is 0 Å². The third kappa shape index (κ3) is 6.18. The molecule has 1 aromatic carbocycles. The average molecular weight is 262 g/mol. The summed E-state index contributed by atoms with van der Waals surface area (Å²) in [4.78, 5) is 22.6. The Labute approximate surface area is 115 Å². The summed E-state index contributed by atoms with van der Waals surface area (Å²) in [6, 6.07) is 7.52. The van der Waals surface area contributed by atoms with Crippen LogP contribution in [0.3, 0.4) is 0 Å². The molecule has 0 fully saturated rings. The first-order chi connectivity index (χ1) is 8.78. The van der Waals surface area contributed by atoms with Gasteiger partial charge in [0.1, 0.15) is 0 Å². The monoisotopic (exact) mass is 262 g/mol. The van der Waals surface area contributed by atoms with Crippen LogP contribution in [0.2, 0.25) is 0 Å². The van der Waals surface area contributed by atoms with Crippen molar-refractivity contribution in [1.82, 2.24) is 0 Å². The van der Waals surface area contributed by atoms with Crippen LogP contribution in [0, 0.1) is 5.41 Å². The van der Waals surface area contributed by atoms with Gasteiger partial charge in [-0.05, 0) is 11.0 Å². The quantitative estimate of drug-likeness (QED) is 0.603. The zero-order valence-electron chi connectivity index (χ0n) is 12.2. The van der Waals surface area contributed by atoms with E-state index in [4.69, 9.17) is 4.74 Å². The number of carbonyl (C=O) groups excluding carboxylic acids is 2. The Morgan fingerprint density at radius 1 is 1.11 bits per heavy atom. The van der Waals surface area contributed by atoms with Crippen LogP contribution in [0.15, 0.2) is 24.3 Å². The molecule has 0 aliphatic heterocycles. The number of ketones is 1. The van der Waals surface area contributed by atoms with Gasteiger partial charge < -0.3 is 4.74 Å². The van der Waals surface area contributed by atoms with Crippen molar-refractivity contribution in [2.24, 2.45) is 5.41 Å². The van der Waals surface area contributed by atoms with E-state index in [-0.39, 0.29) is 17.2 Å². The maximum Gasteiger partial charge on any atom is 0.302 e. The van der Waals surface area contributed by atoms with Crippen molar-refractivity contribution in [1.29, 1.82) is 0 Å². The molecule has 0 spiro atoms. The van der Waals surface area contributed by atoms with Crippen LogP contribution in [-0.4, -0.2) is 18.4 Å². The lowest BCUT2D eigenvalue weighted by molar-refractivity contribution is -0.140. The first-order valence-corrected chi connectivity index (χ1v) is 6.53. The Hall–Kier alpha value is -1.64. The average Bonchev–Trinajstić information content (AvgIpc) is 2.27. The molecule has 0 aliphatic carbocycles. The van der Waals surface area contributed by atoms with E-state index in [2.05, 4.69) is 20.8 Å². The van der Waals surface area contributed by atoms with Gasteiger partial charge in [-0.3, -0.25) is 9.59 Å². The maximum atomic E-state index is 12.0. The molecule has 104 valence electrons. The Morgan fingerprint density at radius 3 is 2.16 bits per heavy atom. The van der Waals surface area contributed by atoms with Gasteiger partial charge in [-0.1, -0.05) is 45.0 Å². The minimum absolute atomic E-state index is 0.00504. The highest BCUT2D eigenvalue weighted by Crippen LogP contribution is 2.21. The smallest absolute Gasteiger partial charge is 0.302 e. The highest BCUT2D eigenvalue weighted by Gasteiger charge is 2.17. The molecular weight excluding hydrogens is 240 g/mol. The molecular formula is C16H22O3. The number of ether oxygens (including phenoxy) is 1. The number of hydrogen-bond acceptors (Lipinski definition) is 3. The topological polar surface area (TPSA) is 43.4 Å². The zero-order chi connectivity index (χ0) is 14.5. The summed E-state index contributed by atoms with van der Waals surface area (Å²) in [7, 11) is 0. The zero-order valence-corrected chi connectivity index (χ0v) is 12.2. The molecule has 0 saturated heterocycles. The molecule has 3 nitrogen and oxygen atoms in total. The minimum Gasteiger partial charge on any atom is -0.466 e. The maximum absolute atomic E-state index is 12.0. The van der Waals surface area contributed by atoms with Crippen molar-refractivity contribution in [2.45, 2.75) is 40.5 Å². The standard InChI is InChI=1S/C16H22O3/c1-12(17)19-10-9-13-5-7-14(8-6-13)15(18)11-16(2,3)4/h5-8H,9-11H2,1-4H3. The lowest BCUT2D eigenvalue weighted by Crippen LogP contribution is -2.13. The lowest BCUT2D eigenvalue weighted by Gasteiger charge is -2.16. The van der Waals surface area contributed by atoms with Crippen LogP contribution in [0.1, 0.15) is 50.0 Å². The number of carbonyl (C=O) groups is 2. The van der Waals surface area contributed by atoms with Crippen LogP contribution in [0.5, 0.6) is 0 Å². The van der Waals surface area contributed by atoms with Gasteiger partial charge >= 0.3 is 5.97 Å². The second-order valence-corrected chi connectivity index (χ2v) is 5.95. The van der Waals surface area contributed by atoms with Gasteiger partial charge in [0.2, 0.25) is 0 Å². The van der Waals surface area contributed by atoms with Gasteiger partial charge in [0.05, 0.1) is 6.61 Å². The second-order valence-electron chi connectivity index (χ2n) is 5.95. The van der Waals surface area contributed by atoms with Crippen molar-refractivity contribution in [3.05, 3.63) is 35.4 Å². The molecule has 0 saturated carbocycles. The van der Waals surface area contributed by atoms with Gasteiger partial charge in [-0.2, -0.15) is 0 Å². The molecule has 0 heterocycles. The Balaban J connectivity index is 2.56. The van der Waals surface area contributed by atoms with Gasteiger partial charge in [0.15, 0.2) is 5.78 Å². The molecule has 0 N–H and O–H groups in total. The van der Waals surface area contributed by atoms with E-state index in [1.807, 2.05) is 24.3 Å². The summed E-state index contributed by atoms with van der Waals surface area (Å²) in [5.74, 6) is -0.101. The first-order valence-electron chi connectivity index (χ1n) is 6.53. The summed E-state index contributed by atoms with van der Waals surface area (Å²) < 4.78 is 4.88. The van der Waals surface area contributed by atoms with Crippen molar-refractivity contribution in [2.75, 3.05) is 6.61 Å². The van der Waals surface area contributed by atoms with Crippen molar-refractivity contribution < 1.29 is 14.3 Å². The lowest BCUT2D eigenvalue weighted by atomic mass is 9.88. The highest BCUT2D eigenvalue weighted by atomic mass is 16.5. The summed E-state index contributed by atoms with van der Waals surface area (Å²) in [5, 5.41) is 0. The molecule has 0 bridgehead atoms. The molecule has 0 atom stereocenters. The van der Waals surface area contributed by atoms with E-state index in [1.54, 1.807) is 0 Å². The molecule has 0 radical (unpaired) electrons. The first kappa shape index (κ1) is 15.4. The van der Waals surface area contributed by atoms with E-state index >= 15 is 0 Å². The largest absolute Gasteiger partial charge is 0.466 e.